The Kier molecular flexibility index (Phi) is 5.15. The Bertz CT molecular complexity index is 545. The van der Waals surface area contributed by atoms with Crippen LogP contribution in [-0.2, 0) is 16.6 Å². The van der Waals surface area contributed by atoms with Crippen LogP contribution in [0.1, 0.15) is 12.0 Å². The van der Waals surface area contributed by atoms with Gasteiger partial charge in [-0.15, -0.1) is 0 Å². The van der Waals surface area contributed by atoms with E-state index in [2.05, 4.69) is 22.0 Å². The molecule has 1 aromatic rings. The van der Waals surface area contributed by atoms with E-state index in [1.165, 1.54) is 0 Å². The largest absolute Gasteiger partial charge is 0.316 e. The molecule has 1 unspecified atom stereocenters. The number of nitrogens with one attached hydrogen (secondary N) is 2. The molecule has 6 heteroatoms. The van der Waals surface area contributed by atoms with E-state index < -0.39 is 10.0 Å². The van der Waals surface area contributed by atoms with Gasteiger partial charge in [0, 0.05) is 19.6 Å². The van der Waals surface area contributed by atoms with Crippen molar-refractivity contribution in [2.24, 2.45) is 5.92 Å². The minimum absolute atomic E-state index is 0.376. The lowest BCUT2D eigenvalue weighted by Gasteiger charge is -2.14. The van der Waals surface area contributed by atoms with Crippen molar-refractivity contribution in [2.45, 2.75) is 17.9 Å². The van der Waals surface area contributed by atoms with Gasteiger partial charge in [-0.05, 0) is 44.6 Å². The molecule has 2 rings (SSSR count). The van der Waals surface area contributed by atoms with Crippen LogP contribution in [-0.4, -0.2) is 47.0 Å². The summed E-state index contributed by atoms with van der Waals surface area (Å²) in [5, 5.41) is 3.00. The van der Waals surface area contributed by atoms with E-state index in [0.717, 1.165) is 25.1 Å². The van der Waals surface area contributed by atoms with Crippen molar-refractivity contribution in [1.82, 2.24) is 14.9 Å². The van der Waals surface area contributed by atoms with E-state index in [9.17, 15) is 8.42 Å². The molecule has 0 aromatic heterocycles. The van der Waals surface area contributed by atoms with Crippen LogP contribution in [0, 0.1) is 5.92 Å². The molecule has 1 aliphatic heterocycles. The van der Waals surface area contributed by atoms with Crippen molar-refractivity contribution < 1.29 is 8.42 Å². The molecule has 1 fully saturated rings. The van der Waals surface area contributed by atoms with E-state index in [1.54, 1.807) is 12.1 Å². The zero-order valence-electron chi connectivity index (χ0n) is 12.1. The molecular weight excluding hydrogens is 274 g/mol. The maximum absolute atomic E-state index is 12.4. The highest BCUT2D eigenvalue weighted by atomic mass is 32.2. The van der Waals surface area contributed by atoms with Gasteiger partial charge in [-0.3, -0.25) is 0 Å². The van der Waals surface area contributed by atoms with Crippen molar-refractivity contribution in [1.29, 1.82) is 0 Å². The molecule has 0 radical (unpaired) electrons. The number of hydrogen-bond donors (Lipinski definition) is 2. The summed E-state index contributed by atoms with van der Waals surface area (Å²) >= 11 is 0. The average molecular weight is 297 g/mol. The summed E-state index contributed by atoms with van der Waals surface area (Å²) in [7, 11) is 0.450. The van der Waals surface area contributed by atoms with Crippen LogP contribution in [0.3, 0.4) is 0 Å². The Morgan fingerprint density at radius 3 is 2.75 bits per heavy atom. The van der Waals surface area contributed by atoms with Gasteiger partial charge in [-0.2, -0.15) is 0 Å². The Morgan fingerprint density at radius 2 is 2.10 bits per heavy atom. The van der Waals surface area contributed by atoms with Gasteiger partial charge in [-0.25, -0.2) is 13.1 Å². The summed E-state index contributed by atoms with van der Waals surface area (Å²) in [6, 6.07) is 7.12. The highest BCUT2D eigenvalue weighted by molar-refractivity contribution is 7.89. The minimum Gasteiger partial charge on any atom is -0.316 e. The van der Waals surface area contributed by atoms with Crippen molar-refractivity contribution in [3.8, 4) is 0 Å². The van der Waals surface area contributed by atoms with E-state index in [1.807, 2.05) is 19.2 Å². The first-order valence-electron chi connectivity index (χ1n) is 6.93. The topological polar surface area (TPSA) is 61.4 Å². The highest BCUT2D eigenvalue weighted by Gasteiger charge is 2.23. The average Bonchev–Trinajstić information content (AvgIpc) is 2.83. The molecule has 0 spiro atoms. The number of hydrogen-bond acceptors (Lipinski definition) is 4. The second-order valence-electron chi connectivity index (χ2n) is 5.41. The third-order valence-electron chi connectivity index (χ3n) is 3.68. The number of likely N-dealkylation sites (tertiary alicyclic amines) is 1. The van der Waals surface area contributed by atoms with E-state index in [-0.39, 0.29) is 0 Å². The van der Waals surface area contributed by atoms with Gasteiger partial charge in [0.25, 0.3) is 0 Å². The summed E-state index contributed by atoms with van der Waals surface area (Å²) in [6.45, 7) is 3.06. The van der Waals surface area contributed by atoms with Crippen molar-refractivity contribution >= 4 is 10.0 Å². The molecule has 1 aliphatic rings. The predicted molar refractivity (Wildman–Crippen MR) is 80.0 cm³/mol. The Labute approximate surface area is 121 Å². The molecular formula is C14H23N3O2S. The monoisotopic (exact) mass is 297 g/mol. The molecule has 1 aromatic carbocycles. The zero-order valence-corrected chi connectivity index (χ0v) is 12.9. The third-order valence-corrected chi connectivity index (χ3v) is 5.20. The number of rotatable bonds is 6. The summed E-state index contributed by atoms with van der Waals surface area (Å²) in [5.41, 5.74) is 0.797. The SMILES string of the molecule is CNCc1ccccc1S(=O)(=O)NCC1CCN(C)C1. The second-order valence-corrected chi connectivity index (χ2v) is 7.14. The molecule has 0 bridgehead atoms. The van der Waals surface area contributed by atoms with E-state index >= 15 is 0 Å². The Balaban J connectivity index is 2.06. The third kappa shape index (κ3) is 3.79. The van der Waals surface area contributed by atoms with Gasteiger partial charge in [0.15, 0.2) is 0 Å². The van der Waals surface area contributed by atoms with Gasteiger partial charge in [0.2, 0.25) is 10.0 Å². The van der Waals surface area contributed by atoms with Gasteiger partial charge < -0.3 is 10.2 Å². The van der Waals surface area contributed by atoms with Gasteiger partial charge >= 0.3 is 0 Å². The van der Waals surface area contributed by atoms with Crippen LogP contribution in [0.5, 0.6) is 0 Å². The molecule has 5 nitrogen and oxygen atoms in total. The van der Waals surface area contributed by atoms with Crippen LogP contribution in [0.15, 0.2) is 29.2 Å². The Morgan fingerprint density at radius 1 is 1.35 bits per heavy atom. The molecule has 1 saturated heterocycles. The lowest BCUT2D eigenvalue weighted by atomic mass is 10.1. The molecule has 20 heavy (non-hydrogen) atoms. The highest BCUT2D eigenvalue weighted by Crippen LogP contribution is 2.17. The van der Waals surface area contributed by atoms with Crippen molar-refractivity contribution in [2.75, 3.05) is 33.7 Å². The molecule has 0 aliphatic carbocycles. The first-order valence-corrected chi connectivity index (χ1v) is 8.42. The van der Waals surface area contributed by atoms with Crippen molar-refractivity contribution in [3.05, 3.63) is 29.8 Å². The zero-order chi connectivity index (χ0) is 14.6. The number of benzene rings is 1. The second kappa shape index (κ2) is 6.67. The van der Waals surface area contributed by atoms with Gasteiger partial charge in [-0.1, -0.05) is 18.2 Å². The smallest absolute Gasteiger partial charge is 0.240 e. The first-order chi connectivity index (χ1) is 9.53. The Hall–Kier alpha value is -0.950. The summed E-state index contributed by atoms with van der Waals surface area (Å²) in [5.74, 6) is 0.409. The standard InChI is InChI=1S/C14H23N3O2S/c1-15-10-13-5-3-4-6-14(13)20(18,19)16-9-12-7-8-17(2)11-12/h3-6,12,15-16H,7-11H2,1-2H3. The fourth-order valence-electron chi connectivity index (χ4n) is 2.60. The fraction of sp³-hybridized carbons (Fsp3) is 0.571. The van der Waals surface area contributed by atoms with Crippen LogP contribution in [0.4, 0.5) is 0 Å². The molecule has 2 N–H and O–H groups in total. The van der Waals surface area contributed by atoms with E-state index in [0.29, 0.717) is 23.9 Å². The number of nitrogens with zero attached hydrogens (tertiary/aromatic N) is 1. The number of sulfonamides is 1. The molecule has 0 saturated carbocycles. The first kappa shape index (κ1) is 15.4. The molecule has 112 valence electrons. The molecule has 0 amide bonds. The summed E-state index contributed by atoms with van der Waals surface area (Å²) in [4.78, 5) is 2.61. The minimum atomic E-state index is -3.43. The van der Waals surface area contributed by atoms with Crippen molar-refractivity contribution in [3.63, 3.8) is 0 Å². The lowest BCUT2D eigenvalue weighted by Crippen LogP contribution is -2.31. The predicted octanol–water partition coefficient (Wildman–Crippen LogP) is 0.636. The van der Waals surface area contributed by atoms with Crippen LogP contribution < -0.4 is 10.0 Å². The molecule has 1 atom stereocenters. The van der Waals surface area contributed by atoms with Gasteiger partial charge in [0.05, 0.1) is 4.90 Å². The molecule has 1 heterocycles. The maximum Gasteiger partial charge on any atom is 0.240 e. The maximum atomic E-state index is 12.4. The normalized spacial score (nSPS) is 20.4. The van der Waals surface area contributed by atoms with Crippen LogP contribution in [0.25, 0.3) is 0 Å². The van der Waals surface area contributed by atoms with E-state index in [4.69, 9.17) is 0 Å². The fourth-order valence-corrected chi connectivity index (χ4v) is 3.95. The van der Waals surface area contributed by atoms with Crippen LogP contribution >= 0.6 is 0 Å². The summed E-state index contributed by atoms with van der Waals surface area (Å²) in [6.07, 6.45) is 1.05. The van der Waals surface area contributed by atoms with Crippen LogP contribution in [0.2, 0.25) is 0 Å². The lowest BCUT2D eigenvalue weighted by molar-refractivity contribution is 0.394. The van der Waals surface area contributed by atoms with Gasteiger partial charge in [0.1, 0.15) is 0 Å². The summed E-state index contributed by atoms with van der Waals surface area (Å²) < 4.78 is 27.6. The quantitative estimate of drug-likeness (QED) is 0.809.